The molecule has 0 radical (unpaired) electrons. The molecule has 0 spiro atoms. The van der Waals surface area contributed by atoms with Gasteiger partial charge in [-0.25, -0.2) is 0 Å². The van der Waals surface area contributed by atoms with E-state index >= 15 is 0 Å². The van der Waals surface area contributed by atoms with Crippen LogP contribution in [0.2, 0.25) is 0 Å². The minimum absolute atomic E-state index is 0. The number of halogens is 1. The Morgan fingerprint density at radius 1 is 1.36 bits per heavy atom. The molecule has 1 saturated carbocycles. The van der Waals surface area contributed by atoms with Crippen molar-refractivity contribution in [3.63, 3.8) is 0 Å². The minimum atomic E-state index is -0.127. The monoisotopic (exact) mass is 218 g/mol. The first-order valence-electron chi connectivity index (χ1n) is 5.26. The first-order valence-corrected chi connectivity index (χ1v) is 5.26. The number of hydrogen-bond donors (Lipinski definition) is 2. The summed E-state index contributed by atoms with van der Waals surface area (Å²) >= 11 is 0. The van der Waals surface area contributed by atoms with Gasteiger partial charge in [-0.15, -0.1) is 12.4 Å². The molecule has 0 aromatic heterocycles. The maximum absolute atomic E-state index is 10.9. The molecule has 0 unspecified atom stereocenters. The number of rotatable bonds is 3. The molecule has 2 aliphatic rings. The standard InChI is InChI=1S/C10H18N2O.ClH/c11-10(13)5-8-3-4-12-6-9(8)7-1-2-7;/h7-9,12H,1-6H2,(H2,11,13);1H/t8-,9+;/m0./s1. The summed E-state index contributed by atoms with van der Waals surface area (Å²) in [6.45, 7) is 2.16. The summed E-state index contributed by atoms with van der Waals surface area (Å²) in [6, 6.07) is 0. The largest absolute Gasteiger partial charge is 0.370 e. The molecular formula is C10H19ClN2O. The molecule has 14 heavy (non-hydrogen) atoms. The summed E-state index contributed by atoms with van der Waals surface area (Å²) in [5.41, 5.74) is 5.25. The van der Waals surface area contributed by atoms with E-state index in [2.05, 4.69) is 5.32 Å². The first kappa shape index (κ1) is 11.8. The molecule has 1 aliphatic carbocycles. The topological polar surface area (TPSA) is 55.1 Å². The van der Waals surface area contributed by atoms with Crippen LogP contribution < -0.4 is 11.1 Å². The van der Waals surface area contributed by atoms with Crippen molar-refractivity contribution in [2.45, 2.75) is 25.7 Å². The lowest BCUT2D eigenvalue weighted by atomic mass is 9.81. The highest BCUT2D eigenvalue weighted by Crippen LogP contribution is 2.43. The number of nitrogens with two attached hydrogens (primary N) is 1. The van der Waals surface area contributed by atoms with E-state index in [9.17, 15) is 4.79 Å². The van der Waals surface area contributed by atoms with E-state index in [0.29, 0.717) is 12.3 Å². The summed E-state index contributed by atoms with van der Waals surface area (Å²) in [5.74, 6) is 2.04. The molecule has 3 N–H and O–H groups in total. The van der Waals surface area contributed by atoms with Crippen molar-refractivity contribution >= 4 is 18.3 Å². The lowest BCUT2D eigenvalue weighted by molar-refractivity contribution is -0.119. The van der Waals surface area contributed by atoms with Gasteiger partial charge in [-0.3, -0.25) is 4.79 Å². The Morgan fingerprint density at radius 3 is 2.64 bits per heavy atom. The zero-order chi connectivity index (χ0) is 9.26. The van der Waals surface area contributed by atoms with Crippen molar-refractivity contribution < 1.29 is 4.79 Å². The van der Waals surface area contributed by atoms with Crippen LogP contribution >= 0.6 is 12.4 Å². The quantitative estimate of drug-likeness (QED) is 0.740. The first-order chi connectivity index (χ1) is 6.27. The van der Waals surface area contributed by atoms with Crippen LogP contribution in [-0.2, 0) is 4.79 Å². The number of amides is 1. The van der Waals surface area contributed by atoms with Crippen molar-refractivity contribution in [2.75, 3.05) is 13.1 Å². The van der Waals surface area contributed by atoms with Gasteiger partial charge in [0.1, 0.15) is 0 Å². The van der Waals surface area contributed by atoms with Crippen LogP contribution in [-0.4, -0.2) is 19.0 Å². The van der Waals surface area contributed by atoms with E-state index in [-0.39, 0.29) is 18.3 Å². The van der Waals surface area contributed by atoms with Gasteiger partial charge in [0.05, 0.1) is 0 Å². The van der Waals surface area contributed by atoms with Gasteiger partial charge in [0.2, 0.25) is 5.91 Å². The van der Waals surface area contributed by atoms with Crippen LogP contribution in [0.5, 0.6) is 0 Å². The molecule has 0 bridgehead atoms. The van der Waals surface area contributed by atoms with Gasteiger partial charge in [0.25, 0.3) is 0 Å². The fourth-order valence-corrected chi connectivity index (χ4v) is 2.52. The van der Waals surface area contributed by atoms with Gasteiger partial charge in [0.15, 0.2) is 0 Å². The Bertz CT molecular complexity index is 206. The lowest BCUT2D eigenvalue weighted by Gasteiger charge is -2.31. The second kappa shape index (κ2) is 4.99. The van der Waals surface area contributed by atoms with Crippen LogP contribution in [0.1, 0.15) is 25.7 Å². The second-order valence-electron chi connectivity index (χ2n) is 4.42. The molecule has 2 rings (SSSR count). The molecule has 1 heterocycles. The fourth-order valence-electron chi connectivity index (χ4n) is 2.52. The van der Waals surface area contributed by atoms with Gasteiger partial charge in [-0.05, 0) is 50.1 Å². The van der Waals surface area contributed by atoms with Gasteiger partial charge >= 0.3 is 0 Å². The molecule has 0 aromatic rings. The average molecular weight is 219 g/mol. The van der Waals surface area contributed by atoms with E-state index in [1.807, 2.05) is 0 Å². The van der Waals surface area contributed by atoms with Crippen LogP contribution in [0.4, 0.5) is 0 Å². The smallest absolute Gasteiger partial charge is 0.217 e. The average Bonchev–Trinajstić information content (AvgIpc) is 2.87. The van der Waals surface area contributed by atoms with Gasteiger partial charge in [-0.1, -0.05) is 0 Å². The molecule has 2 atom stereocenters. The second-order valence-corrected chi connectivity index (χ2v) is 4.42. The van der Waals surface area contributed by atoms with Crippen molar-refractivity contribution in [1.82, 2.24) is 5.32 Å². The summed E-state index contributed by atoms with van der Waals surface area (Å²) in [6.07, 6.45) is 4.45. The molecule has 82 valence electrons. The highest BCUT2D eigenvalue weighted by atomic mass is 35.5. The van der Waals surface area contributed by atoms with E-state index in [4.69, 9.17) is 5.73 Å². The van der Waals surface area contributed by atoms with E-state index in [1.165, 1.54) is 12.8 Å². The number of nitrogens with one attached hydrogen (secondary N) is 1. The van der Waals surface area contributed by atoms with Crippen molar-refractivity contribution in [3.8, 4) is 0 Å². The molecule has 4 heteroatoms. The molecule has 1 saturated heterocycles. The number of primary amides is 1. The minimum Gasteiger partial charge on any atom is -0.370 e. The van der Waals surface area contributed by atoms with Crippen LogP contribution in [0.3, 0.4) is 0 Å². The maximum Gasteiger partial charge on any atom is 0.217 e. The molecule has 0 aromatic carbocycles. The van der Waals surface area contributed by atoms with Gasteiger partial charge < -0.3 is 11.1 Å². The maximum atomic E-state index is 10.9. The summed E-state index contributed by atoms with van der Waals surface area (Å²) in [5, 5.41) is 3.41. The molecule has 1 aliphatic heterocycles. The molecule has 2 fully saturated rings. The van der Waals surface area contributed by atoms with Crippen LogP contribution in [0.25, 0.3) is 0 Å². The van der Waals surface area contributed by atoms with Gasteiger partial charge in [0, 0.05) is 6.42 Å². The van der Waals surface area contributed by atoms with E-state index < -0.39 is 0 Å². The lowest BCUT2D eigenvalue weighted by Crippen LogP contribution is -2.39. The number of carbonyl (C=O) groups is 1. The summed E-state index contributed by atoms with van der Waals surface area (Å²) in [7, 11) is 0. The van der Waals surface area contributed by atoms with Crippen molar-refractivity contribution in [3.05, 3.63) is 0 Å². The molecule has 3 nitrogen and oxygen atoms in total. The van der Waals surface area contributed by atoms with Crippen LogP contribution in [0, 0.1) is 17.8 Å². The van der Waals surface area contributed by atoms with Crippen LogP contribution in [0.15, 0.2) is 0 Å². The molecule has 1 amide bonds. The Balaban J connectivity index is 0.000000980. The van der Waals surface area contributed by atoms with Crippen molar-refractivity contribution in [1.29, 1.82) is 0 Å². The Hall–Kier alpha value is -0.280. The highest BCUT2D eigenvalue weighted by molar-refractivity contribution is 5.85. The predicted octanol–water partition coefficient (Wildman–Crippen LogP) is 0.919. The van der Waals surface area contributed by atoms with Gasteiger partial charge in [-0.2, -0.15) is 0 Å². The third-order valence-corrected chi connectivity index (χ3v) is 3.37. The predicted molar refractivity (Wildman–Crippen MR) is 58.3 cm³/mol. The molecular weight excluding hydrogens is 200 g/mol. The third kappa shape index (κ3) is 2.85. The highest BCUT2D eigenvalue weighted by Gasteiger charge is 2.37. The third-order valence-electron chi connectivity index (χ3n) is 3.37. The van der Waals surface area contributed by atoms with E-state index in [0.717, 1.165) is 31.3 Å². The van der Waals surface area contributed by atoms with Crippen molar-refractivity contribution in [2.24, 2.45) is 23.5 Å². The summed E-state index contributed by atoms with van der Waals surface area (Å²) in [4.78, 5) is 10.9. The number of carbonyl (C=O) groups excluding carboxylic acids is 1. The zero-order valence-electron chi connectivity index (χ0n) is 8.37. The number of piperidine rings is 1. The zero-order valence-corrected chi connectivity index (χ0v) is 9.19. The SMILES string of the molecule is Cl.NC(=O)C[C@@H]1CCNC[C@@H]1C1CC1. The summed E-state index contributed by atoms with van der Waals surface area (Å²) < 4.78 is 0. The fraction of sp³-hybridized carbons (Fsp3) is 0.900. The Kier molecular flexibility index (Phi) is 4.20. The Morgan fingerprint density at radius 2 is 2.07 bits per heavy atom. The number of hydrogen-bond acceptors (Lipinski definition) is 2. The normalized spacial score (nSPS) is 32.0. The van der Waals surface area contributed by atoms with E-state index in [1.54, 1.807) is 0 Å². The Labute approximate surface area is 91.2 Å².